The van der Waals surface area contributed by atoms with Crippen molar-refractivity contribution in [1.29, 1.82) is 0 Å². The molecule has 3 aromatic rings. The average molecular weight is 271 g/mol. The molecule has 1 aromatic carbocycles. The molecule has 0 atom stereocenters. The summed E-state index contributed by atoms with van der Waals surface area (Å²) in [4.78, 5) is 15.1. The second-order valence-electron chi connectivity index (χ2n) is 4.35. The van der Waals surface area contributed by atoms with E-state index in [4.69, 9.17) is 5.11 Å². The molecule has 0 bridgehead atoms. The number of nitrogens with zero attached hydrogens (tertiary/aromatic N) is 3. The van der Waals surface area contributed by atoms with Crippen LogP contribution in [0.15, 0.2) is 42.6 Å². The lowest BCUT2D eigenvalue weighted by molar-refractivity contribution is 0.0697. The summed E-state index contributed by atoms with van der Waals surface area (Å²) in [6.45, 7) is 0. The third-order valence-corrected chi connectivity index (χ3v) is 2.90. The van der Waals surface area contributed by atoms with Crippen molar-refractivity contribution in [2.24, 2.45) is 0 Å². The number of rotatable bonds is 3. The van der Waals surface area contributed by atoms with E-state index in [0.717, 1.165) is 5.56 Å². The number of carbonyl (C=O) groups is 1. The first-order valence-electron chi connectivity index (χ1n) is 5.95. The number of fused-ring (bicyclic) bond motifs is 1. The molecule has 3 rings (SSSR count). The third kappa shape index (κ3) is 2.35. The van der Waals surface area contributed by atoms with Crippen LogP contribution < -0.4 is 0 Å². The number of carboxylic acids is 1. The maximum atomic E-state index is 12.8. The van der Waals surface area contributed by atoms with Gasteiger partial charge in [0.25, 0.3) is 0 Å². The Morgan fingerprint density at radius 2 is 2.00 bits per heavy atom. The van der Waals surface area contributed by atoms with E-state index in [1.807, 2.05) is 0 Å². The van der Waals surface area contributed by atoms with E-state index in [9.17, 15) is 9.18 Å². The standard InChI is InChI=1S/C14H10FN3O2/c15-11-3-1-9(2-4-11)7-12-16-13-8-10(14(19)20)5-6-18(13)17-12/h1-6,8H,7H2,(H,19,20). The van der Waals surface area contributed by atoms with Crippen LogP contribution >= 0.6 is 0 Å². The molecule has 2 aromatic heterocycles. The fourth-order valence-corrected chi connectivity index (χ4v) is 1.92. The Morgan fingerprint density at radius 3 is 2.70 bits per heavy atom. The molecule has 1 N–H and O–H groups in total. The number of aromatic nitrogens is 3. The summed E-state index contributed by atoms with van der Waals surface area (Å²) in [5.74, 6) is -0.738. The fourth-order valence-electron chi connectivity index (χ4n) is 1.92. The van der Waals surface area contributed by atoms with Crippen LogP contribution in [0.3, 0.4) is 0 Å². The molecule has 100 valence electrons. The summed E-state index contributed by atoms with van der Waals surface area (Å²) in [6.07, 6.45) is 2.02. The van der Waals surface area contributed by atoms with Gasteiger partial charge in [0.15, 0.2) is 11.5 Å². The Kier molecular flexibility index (Phi) is 2.90. The van der Waals surface area contributed by atoms with E-state index in [2.05, 4.69) is 10.1 Å². The topological polar surface area (TPSA) is 67.5 Å². The zero-order valence-corrected chi connectivity index (χ0v) is 10.3. The second-order valence-corrected chi connectivity index (χ2v) is 4.35. The molecule has 0 aliphatic rings. The van der Waals surface area contributed by atoms with Gasteiger partial charge < -0.3 is 5.11 Å². The second kappa shape index (κ2) is 4.73. The molecular weight excluding hydrogens is 261 g/mol. The Labute approximate surface area is 113 Å². The minimum Gasteiger partial charge on any atom is -0.478 e. The monoisotopic (exact) mass is 271 g/mol. The number of hydrogen-bond acceptors (Lipinski definition) is 3. The molecular formula is C14H10FN3O2. The van der Waals surface area contributed by atoms with Crippen molar-refractivity contribution < 1.29 is 14.3 Å². The number of benzene rings is 1. The molecule has 0 amide bonds. The lowest BCUT2D eigenvalue weighted by Gasteiger charge is -1.95. The highest BCUT2D eigenvalue weighted by atomic mass is 19.1. The summed E-state index contributed by atoms with van der Waals surface area (Å²) in [7, 11) is 0. The van der Waals surface area contributed by atoms with Gasteiger partial charge in [-0.05, 0) is 29.8 Å². The van der Waals surface area contributed by atoms with Crippen LogP contribution in [-0.2, 0) is 6.42 Å². The molecule has 0 radical (unpaired) electrons. The highest BCUT2D eigenvalue weighted by molar-refractivity contribution is 5.88. The number of halogens is 1. The fraction of sp³-hybridized carbons (Fsp3) is 0.0714. The predicted octanol–water partition coefficient (Wildman–Crippen LogP) is 2.16. The summed E-state index contributed by atoms with van der Waals surface area (Å²) >= 11 is 0. The summed E-state index contributed by atoms with van der Waals surface area (Å²) in [6, 6.07) is 9.03. The minimum atomic E-state index is -1.00. The molecule has 20 heavy (non-hydrogen) atoms. The van der Waals surface area contributed by atoms with Crippen LogP contribution in [0, 0.1) is 5.82 Å². The van der Waals surface area contributed by atoms with Crippen LogP contribution in [-0.4, -0.2) is 25.7 Å². The molecule has 0 unspecified atom stereocenters. The van der Waals surface area contributed by atoms with Gasteiger partial charge in [0.05, 0.1) is 5.56 Å². The molecule has 5 nitrogen and oxygen atoms in total. The molecule has 6 heteroatoms. The molecule has 0 aliphatic carbocycles. The van der Waals surface area contributed by atoms with Crippen molar-refractivity contribution >= 4 is 11.6 Å². The van der Waals surface area contributed by atoms with Crippen molar-refractivity contribution in [3.63, 3.8) is 0 Å². The SMILES string of the molecule is O=C(O)c1ccn2nc(Cc3ccc(F)cc3)nc2c1. The lowest BCUT2D eigenvalue weighted by Crippen LogP contribution is -1.97. The lowest BCUT2D eigenvalue weighted by atomic mass is 10.1. The van der Waals surface area contributed by atoms with Crippen LogP contribution in [0.4, 0.5) is 4.39 Å². The average Bonchev–Trinajstić information content (AvgIpc) is 2.82. The zero-order valence-electron chi connectivity index (χ0n) is 10.3. The van der Waals surface area contributed by atoms with Gasteiger partial charge in [0, 0.05) is 12.6 Å². The number of pyridine rings is 1. The van der Waals surface area contributed by atoms with Gasteiger partial charge in [-0.2, -0.15) is 5.10 Å². The minimum absolute atomic E-state index is 0.165. The van der Waals surface area contributed by atoms with Gasteiger partial charge in [-0.1, -0.05) is 12.1 Å². The van der Waals surface area contributed by atoms with Crippen molar-refractivity contribution in [3.05, 3.63) is 65.4 Å². The predicted molar refractivity (Wildman–Crippen MR) is 69.2 cm³/mol. The Hall–Kier alpha value is -2.76. The van der Waals surface area contributed by atoms with E-state index in [1.54, 1.807) is 18.3 Å². The van der Waals surface area contributed by atoms with Gasteiger partial charge in [0.2, 0.25) is 0 Å². The largest absolute Gasteiger partial charge is 0.478 e. The first-order valence-corrected chi connectivity index (χ1v) is 5.95. The molecule has 2 heterocycles. The maximum absolute atomic E-state index is 12.8. The van der Waals surface area contributed by atoms with E-state index in [-0.39, 0.29) is 11.4 Å². The number of hydrogen-bond donors (Lipinski definition) is 1. The van der Waals surface area contributed by atoms with E-state index >= 15 is 0 Å². The Balaban J connectivity index is 1.92. The highest BCUT2D eigenvalue weighted by Crippen LogP contribution is 2.10. The Morgan fingerprint density at radius 1 is 1.25 bits per heavy atom. The van der Waals surface area contributed by atoms with Crippen LogP contribution in [0.5, 0.6) is 0 Å². The van der Waals surface area contributed by atoms with E-state index < -0.39 is 5.97 Å². The first-order chi connectivity index (χ1) is 9.61. The highest BCUT2D eigenvalue weighted by Gasteiger charge is 2.08. The van der Waals surface area contributed by atoms with Gasteiger partial charge in [-0.25, -0.2) is 18.7 Å². The third-order valence-electron chi connectivity index (χ3n) is 2.90. The van der Waals surface area contributed by atoms with Gasteiger partial charge in [-0.15, -0.1) is 0 Å². The van der Waals surface area contributed by atoms with Crippen molar-refractivity contribution in [1.82, 2.24) is 14.6 Å². The quantitative estimate of drug-likeness (QED) is 0.792. The van der Waals surface area contributed by atoms with Gasteiger partial charge >= 0.3 is 5.97 Å². The summed E-state index contributed by atoms with van der Waals surface area (Å²) < 4.78 is 14.3. The molecule has 0 aliphatic heterocycles. The van der Waals surface area contributed by atoms with Crippen LogP contribution in [0.25, 0.3) is 5.65 Å². The van der Waals surface area contributed by atoms with Crippen molar-refractivity contribution in [2.45, 2.75) is 6.42 Å². The maximum Gasteiger partial charge on any atom is 0.335 e. The van der Waals surface area contributed by atoms with Crippen LogP contribution in [0.1, 0.15) is 21.7 Å². The van der Waals surface area contributed by atoms with Gasteiger partial charge in [-0.3, -0.25) is 0 Å². The number of carboxylic acid groups (broad SMARTS) is 1. The summed E-state index contributed by atoms with van der Waals surface area (Å²) in [5, 5.41) is 13.2. The zero-order chi connectivity index (χ0) is 14.1. The van der Waals surface area contributed by atoms with Crippen LogP contribution in [0.2, 0.25) is 0 Å². The number of aromatic carboxylic acids is 1. The normalized spacial score (nSPS) is 10.8. The molecule has 0 fully saturated rings. The van der Waals surface area contributed by atoms with Gasteiger partial charge in [0.1, 0.15) is 5.82 Å². The summed E-state index contributed by atoms with van der Waals surface area (Å²) in [5.41, 5.74) is 1.53. The first kappa shape index (κ1) is 12.3. The molecule has 0 spiro atoms. The molecule has 0 saturated carbocycles. The Bertz CT molecular complexity index is 781. The van der Waals surface area contributed by atoms with E-state index in [1.165, 1.54) is 28.8 Å². The van der Waals surface area contributed by atoms with Crippen molar-refractivity contribution in [2.75, 3.05) is 0 Å². The smallest absolute Gasteiger partial charge is 0.335 e. The van der Waals surface area contributed by atoms with E-state index in [0.29, 0.717) is 17.9 Å². The van der Waals surface area contributed by atoms with Crippen molar-refractivity contribution in [3.8, 4) is 0 Å². The molecule has 0 saturated heterocycles.